The Balaban J connectivity index is 1.79. The molecule has 0 saturated heterocycles. The summed E-state index contributed by atoms with van der Waals surface area (Å²) in [5, 5.41) is 2.35. The first-order valence-electron chi connectivity index (χ1n) is 7.10. The van der Waals surface area contributed by atoms with Crippen LogP contribution >= 0.6 is 11.3 Å². The molecule has 2 saturated carbocycles. The number of anilines is 1. The van der Waals surface area contributed by atoms with Crippen molar-refractivity contribution in [2.75, 3.05) is 5.73 Å². The third-order valence-corrected chi connectivity index (χ3v) is 5.46. The maximum atomic E-state index is 6.20. The molecule has 0 spiro atoms. The third-order valence-electron chi connectivity index (χ3n) is 4.39. The first kappa shape index (κ1) is 11.5. The zero-order valence-electron chi connectivity index (χ0n) is 10.5. The average Bonchev–Trinajstić information content (AvgIpc) is 2.99. The summed E-state index contributed by atoms with van der Waals surface area (Å²) in [6.07, 6.45) is 12.1. The molecule has 94 valence electrons. The molecule has 0 atom stereocenters. The maximum Gasteiger partial charge on any atom is 0.110 e. The number of hydrogen-bond donors (Lipinski definition) is 1. The van der Waals surface area contributed by atoms with Crippen molar-refractivity contribution in [3.63, 3.8) is 0 Å². The van der Waals surface area contributed by atoms with Crippen LogP contribution in [0, 0.1) is 0 Å². The molecule has 3 heteroatoms. The Morgan fingerprint density at radius 3 is 2.18 bits per heavy atom. The van der Waals surface area contributed by atoms with Crippen molar-refractivity contribution in [1.29, 1.82) is 0 Å². The van der Waals surface area contributed by atoms with Crippen molar-refractivity contribution in [3.05, 3.63) is 10.7 Å². The lowest BCUT2D eigenvalue weighted by Crippen LogP contribution is -2.07. The Kier molecular flexibility index (Phi) is 3.37. The highest BCUT2D eigenvalue weighted by molar-refractivity contribution is 7.15. The zero-order valence-corrected chi connectivity index (χ0v) is 11.3. The summed E-state index contributed by atoms with van der Waals surface area (Å²) in [5.41, 5.74) is 7.44. The molecule has 3 rings (SSSR count). The van der Waals surface area contributed by atoms with Crippen molar-refractivity contribution < 1.29 is 0 Å². The van der Waals surface area contributed by atoms with Crippen LogP contribution in [0.25, 0.3) is 0 Å². The third kappa shape index (κ3) is 2.35. The summed E-state index contributed by atoms with van der Waals surface area (Å²) in [4.78, 5) is 4.91. The molecule has 2 aliphatic carbocycles. The van der Waals surface area contributed by atoms with E-state index in [9.17, 15) is 0 Å². The molecule has 0 aliphatic heterocycles. The van der Waals surface area contributed by atoms with Gasteiger partial charge in [0.15, 0.2) is 0 Å². The molecule has 1 aromatic heterocycles. The van der Waals surface area contributed by atoms with Crippen LogP contribution < -0.4 is 5.73 Å². The van der Waals surface area contributed by atoms with Crippen LogP contribution in [-0.4, -0.2) is 4.98 Å². The van der Waals surface area contributed by atoms with Crippen LogP contribution in [0.4, 0.5) is 5.00 Å². The predicted molar refractivity (Wildman–Crippen MR) is 73.6 cm³/mol. The van der Waals surface area contributed by atoms with Crippen molar-refractivity contribution in [3.8, 4) is 0 Å². The van der Waals surface area contributed by atoms with E-state index in [2.05, 4.69) is 0 Å². The minimum atomic E-state index is 0.662. The quantitative estimate of drug-likeness (QED) is 0.843. The molecule has 1 aromatic rings. The first-order chi connectivity index (χ1) is 8.34. The van der Waals surface area contributed by atoms with Gasteiger partial charge in [0, 0.05) is 11.8 Å². The van der Waals surface area contributed by atoms with Gasteiger partial charge < -0.3 is 5.73 Å². The minimum Gasteiger partial charge on any atom is -0.389 e. The first-order valence-corrected chi connectivity index (χ1v) is 7.92. The van der Waals surface area contributed by atoms with E-state index in [0.717, 1.165) is 10.9 Å². The van der Waals surface area contributed by atoms with Crippen molar-refractivity contribution in [1.82, 2.24) is 4.98 Å². The fraction of sp³-hybridized carbons (Fsp3) is 0.786. The van der Waals surface area contributed by atoms with Crippen molar-refractivity contribution in [2.24, 2.45) is 0 Å². The normalized spacial score (nSPS) is 23.3. The fourth-order valence-electron chi connectivity index (χ4n) is 3.38. The largest absolute Gasteiger partial charge is 0.389 e. The second-order valence-electron chi connectivity index (χ2n) is 5.62. The van der Waals surface area contributed by atoms with E-state index in [1.807, 2.05) is 0 Å². The van der Waals surface area contributed by atoms with Crippen LogP contribution in [0.1, 0.15) is 80.3 Å². The van der Waals surface area contributed by atoms with E-state index in [1.54, 1.807) is 11.3 Å². The molecule has 17 heavy (non-hydrogen) atoms. The van der Waals surface area contributed by atoms with E-state index in [0.29, 0.717) is 5.92 Å². The van der Waals surface area contributed by atoms with Crippen LogP contribution in [-0.2, 0) is 0 Å². The van der Waals surface area contributed by atoms with E-state index in [1.165, 1.54) is 68.5 Å². The van der Waals surface area contributed by atoms with E-state index in [-0.39, 0.29) is 0 Å². The molecular formula is C14H22N2S. The highest BCUT2D eigenvalue weighted by Crippen LogP contribution is 2.42. The average molecular weight is 250 g/mol. The number of nitrogens with two attached hydrogens (primary N) is 1. The van der Waals surface area contributed by atoms with Crippen LogP contribution in [0.3, 0.4) is 0 Å². The number of rotatable bonds is 2. The Hall–Kier alpha value is -0.570. The molecule has 0 unspecified atom stereocenters. The Morgan fingerprint density at radius 2 is 1.47 bits per heavy atom. The highest BCUT2D eigenvalue weighted by Gasteiger charge is 2.25. The van der Waals surface area contributed by atoms with Gasteiger partial charge in [-0.05, 0) is 25.7 Å². The van der Waals surface area contributed by atoms with E-state index >= 15 is 0 Å². The number of hydrogen-bond acceptors (Lipinski definition) is 3. The predicted octanol–water partition coefficient (Wildman–Crippen LogP) is 4.43. The highest BCUT2D eigenvalue weighted by atomic mass is 32.1. The molecule has 0 radical (unpaired) electrons. The van der Waals surface area contributed by atoms with Crippen LogP contribution in [0.15, 0.2) is 0 Å². The fourth-order valence-corrected chi connectivity index (χ4v) is 4.47. The molecule has 2 nitrogen and oxygen atoms in total. The lowest BCUT2D eigenvalue weighted by atomic mass is 9.87. The Labute approximate surface area is 108 Å². The zero-order chi connectivity index (χ0) is 11.7. The van der Waals surface area contributed by atoms with Gasteiger partial charge in [-0.15, -0.1) is 11.3 Å². The van der Waals surface area contributed by atoms with Gasteiger partial charge in [0.2, 0.25) is 0 Å². The molecule has 0 bridgehead atoms. The van der Waals surface area contributed by atoms with Gasteiger partial charge in [-0.2, -0.15) is 0 Å². The van der Waals surface area contributed by atoms with E-state index < -0.39 is 0 Å². The molecule has 2 N–H and O–H groups in total. The standard InChI is InChI=1S/C14H22N2S/c15-13-12(10-6-2-1-3-7-10)16-14(17-13)11-8-4-5-9-11/h10-11H,1-9,15H2. The minimum absolute atomic E-state index is 0.662. The summed E-state index contributed by atoms with van der Waals surface area (Å²) in [5.74, 6) is 1.38. The smallest absolute Gasteiger partial charge is 0.110 e. The van der Waals surface area contributed by atoms with Gasteiger partial charge in [-0.25, -0.2) is 4.98 Å². The maximum absolute atomic E-state index is 6.20. The molecule has 0 aromatic carbocycles. The summed E-state index contributed by atoms with van der Waals surface area (Å²) < 4.78 is 0. The van der Waals surface area contributed by atoms with Gasteiger partial charge in [-0.3, -0.25) is 0 Å². The molecular weight excluding hydrogens is 228 g/mol. The van der Waals surface area contributed by atoms with Gasteiger partial charge in [0.25, 0.3) is 0 Å². The Bertz CT molecular complexity index is 374. The molecule has 0 amide bonds. The van der Waals surface area contributed by atoms with E-state index in [4.69, 9.17) is 10.7 Å². The summed E-state index contributed by atoms with van der Waals surface area (Å²) in [6.45, 7) is 0. The second-order valence-corrected chi connectivity index (χ2v) is 6.68. The van der Waals surface area contributed by atoms with Gasteiger partial charge >= 0.3 is 0 Å². The van der Waals surface area contributed by atoms with Gasteiger partial charge in [-0.1, -0.05) is 32.1 Å². The van der Waals surface area contributed by atoms with Gasteiger partial charge in [0.05, 0.1) is 10.7 Å². The van der Waals surface area contributed by atoms with Crippen LogP contribution in [0.5, 0.6) is 0 Å². The topological polar surface area (TPSA) is 38.9 Å². The summed E-state index contributed by atoms with van der Waals surface area (Å²) in [7, 11) is 0. The summed E-state index contributed by atoms with van der Waals surface area (Å²) in [6, 6.07) is 0. The SMILES string of the molecule is Nc1sc(C2CCCC2)nc1C1CCCCC1. The molecule has 1 heterocycles. The monoisotopic (exact) mass is 250 g/mol. The molecule has 2 fully saturated rings. The molecule has 2 aliphatic rings. The number of thiazole rings is 1. The van der Waals surface area contributed by atoms with Crippen molar-refractivity contribution in [2.45, 2.75) is 69.6 Å². The van der Waals surface area contributed by atoms with Crippen LogP contribution in [0.2, 0.25) is 0 Å². The van der Waals surface area contributed by atoms with Gasteiger partial charge in [0.1, 0.15) is 5.00 Å². The lowest BCUT2D eigenvalue weighted by molar-refractivity contribution is 0.438. The Morgan fingerprint density at radius 1 is 0.882 bits per heavy atom. The summed E-state index contributed by atoms with van der Waals surface area (Å²) >= 11 is 1.77. The number of aromatic nitrogens is 1. The number of nitrogens with zero attached hydrogens (tertiary/aromatic N) is 1. The van der Waals surface area contributed by atoms with Crippen molar-refractivity contribution >= 4 is 16.3 Å². The lowest BCUT2D eigenvalue weighted by Gasteiger charge is -2.20. The second kappa shape index (κ2) is 4.97. The number of nitrogen functional groups attached to an aromatic ring is 1.